The van der Waals surface area contributed by atoms with E-state index in [2.05, 4.69) is 32.2 Å². The Morgan fingerprint density at radius 3 is 2.68 bits per heavy atom. The van der Waals surface area contributed by atoms with Gasteiger partial charge in [0.25, 0.3) is 0 Å². The molecule has 0 saturated carbocycles. The number of nitrogens with one attached hydrogen (secondary N) is 1. The summed E-state index contributed by atoms with van der Waals surface area (Å²) in [5.74, 6) is 0.930. The lowest BCUT2D eigenvalue weighted by Crippen LogP contribution is -2.28. The first-order valence-corrected chi connectivity index (χ1v) is 6.15. The lowest BCUT2D eigenvalue weighted by molar-refractivity contribution is 0.0923. The van der Waals surface area contributed by atoms with Crippen LogP contribution in [0.5, 0.6) is 6.01 Å². The summed E-state index contributed by atoms with van der Waals surface area (Å²) < 4.78 is 7.50. The number of imidazole rings is 1. The Morgan fingerprint density at radius 2 is 2.11 bits per heavy atom. The highest BCUT2D eigenvalue weighted by Gasteiger charge is 2.20. The summed E-state index contributed by atoms with van der Waals surface area (Å²) in [4.78, 5) is 16.7. The molecule has 0 amide bonds. The van der Waals surface area contributed by atoms with Crippen molar-refractivity contribution >= 4 is 5.95 Å². The summed E-state index contributed by atoms with van der Waals surface area (Å²) in [6.07, 6.45) is 5.92. The number of ether oxygens (including phenoxy) is 1. The fraction of sp³-hybridized carbons (Fsp3) is 0.500. The molecule has 102 valence electrons. The minimum Gasteiger partial charge on any atom is -0.457 e. The maximum Gasteiger partial charge on any atom is 0.323 e. The van der Waals surface area contributed by atoms with E-state index in [1.165, 1.54) is 0 Å². The van der Waals surface area contributed by atoms with Crippen molar-refractivity contribution in [2.24, 2.45) is 0 Å². The summed E-state index contributed by atoms with van der Waals surface area (Å²) in [6, 6.07) is 0.301. The predicted molar refractivity (Wildman–Crippen MR) is 71.5 cm³/mol. The van der Waals surface area contributed by atoms with E-state index >= 15 is 0 Å². The maximum atomic E-state index is 5.80. The molecule has 0 unspecified atom stereocenters. The van der Waals surface area contributed by atoms with E-state index in [0.717, 1.165) is 6.42 Å². The molecule has 0 saturated heterocycles. The van der Waals surface area contributed by atoms with Crippen LogP contribution in [0, 0.1) is 0 Å². The van der Waals surface area contributed by atoms with Gasteiger partial charge in [-0.25, -0.2) is 4.98 Å². The first-order chi connectivity index (χ1) is 9.04. The second kappa shape index (κ2) is 5.21. The Morgan fingerprint density at radius 1 is 1.32 bits per heavy atom. The third-order valence-corrected chi connectivity index (χ3v) is 2.78. The number of nitrogens with zero attached hydrogens (tertiary/aromatic N) is 5. The SMILES string of the molecule is CCC(C)(C)Oc1nc(NC)nc(-n2ccnc2)n1. The van der Waals surface area contributed by atoms with Crippen LogP contribution in [-0.4, -0.2) is 37.2 Å². The Bertz CT molecular complexity index is 537. The number of aromatic nitrogens is 5. The average molecular weight is 262 g/mol. The zero-order valence-corrected chi connectivity index (χ0v) is 11.6. The molecule has 2 aromatic rings. The maximum absolute atomic E-state index is 5.80. The molecule has 0 aliphatic rings. The van der Waals surface area contributed by atoms with Gasteiger partial charge < -0.3 is 10.1 Å². The first kappa shape index (κ1) is 13.3. The first-order valence-electron chi connectivity index (χ1n) is 6.15. The van der Waals surface area contributed by atoms with Gasteiger partial charge in [0.1, 0.15) is 11.9 Å². The van der Waals surface area contributed by atoms with Gasteiger partial charge in [-0.1, -0.05) is 6.92 Å². The zero-order chi connectivity index (χ0) is 13.9. The molecule has 0 aromatic carbocycles. The van der Waals surface area contributed by atoms with E-state index < -0.39 is 0 Å². The summed E-state index contributed by atoms with van der Waals surface area (Å²) in [5.41, 5.74) is -0.321. The van der Waals surface area contributed by atoms with Gasteiger partial charge in [0, 0.05) is 19.4 Å². The number of anilines is 1. The minimum atomic E-state index is -0.321. The van der Waals surface area contributed by atoms with Gasteiger partial charge in [0.15, 0.2) is 0 Å². The highest BCUT2D eigenvalue weighted by molar-refractivity contribution is 5.29. The Labute approximate surface area is 112 Å². The average Bonchev–Trinajstić information content (AvgIpc) is 2.91. The van der Waals surface area contributed by atoms with Crippen LogP contribution in [0.15, 0.2) is 18.7 Å². The zero-order valence-electron chi connectivity index (χ0n) is 11.6. The summed E-state index contributed by atoms with van der Waals surface area (Å²) in [5, 5.41) is 2.90. The molecule has 19 heavy (non-hydrogen) atoms. The second-order valence-electron chi connectivity index (χ2n) is 4.68. The van der Waals surface area contributed by atoms with Gasteiger partial charge in [-0.3, -0.25) is 4.57 Å². The van der Waals surface area contributed by atoms with Crippen LogP contribution >= 0.6 is 0 Å². The van der Waals surface area contributed by atoms with Crippen molar-refractivity contribution in [2.75, 3.05) is 12.4 Å². The minimum absolute atomic E-state index is 0.301. The van der Waals surface area contributed by atoms with Crippen LogP contribution in [0.1, 0.15) is 27.2 Å². The van der Waals surface area contributed by atoms with Crippen molar-refractivity contribution in [2.45, 2.75) is 32.8 Å². The van der Waals surface area contributed by atoms with Crippen LogP contribution in [0.3, 0.4) is 0 Å². The van der Waals surface area contributed by atoms with E-state index in [1.807, 2.05) is 13.8 Å². The van der Waals surface area contributed by atoms with Crippen LogP contribution in [0.4, 0.5) is 5.95 Å². The van der Waals surface area contributed by atoms with Gasteiger partial charge in [0.2, 0.25) is 11.9 Å². The Balaban J connectivity index is 2.37. The molecular weight excluding hydrogens is 244 g/mol. The molecule has 7 nitrogen and oxygen atoms in total. The predicted octanol–water partition coefficient (Wildman–Crippen LogP) is 1.67. The van der Waals surface area contributed by atoms with E-state index in [4.69, 9.17) is 4.74 Å². The molecule has 2 rings (SSSR count). The summed E-state index contributed by atoms with van der Waals surface area (Å²) >= 11 is 0. The van der Waals surface area contributed by atoms with Gasteiger partial charge in [0.05, 0.1) is 0 Å². The van der Waals surface area contributed by atoms with Crippen molar-refractivity contribution in [1.29, 1.82) is 0 Å². The standard InChI is InChI=1S/C12H18N6O/c1-5-12(2,3)19-11-16-9(13-4)15-10(17-11)18-7-6-14-8-18/h6-8H,5H2,1-4H3,(H,13,15,16,17). The van der Waals surface area contributed by atoms with Gasteiger partial charge >= 0.3 is 6.01 Å². The molecule has 0 aliphatic heterocycles. The smallest absolute Gasteiger partial charge is 0.323 e. The van der Waals surface area contributed by atoms with E-state index in [-0.39, 0.29) is 5.60 Å². The molecule has 0 spiro atoms. The molecule has 0 radical (unpaired) electrons. The molecule has 1 N–H and O–H groups in total. The van der Waals surface area contributed by atoms with Crippen molar-refractivity contribution in [1.82, 2.24) is 24.5 Å². The highest BCUT2D eigenvalue weighted by Crippen LogP contribution is 2.18. The largest absolute Gasteiger partial charge is 0.457 e. The lowest BCUT2D eigenvalue weighted by atomic mass is 10.1. The van der Waals surface area contributed by atoms with Crippen LogP contribution in [-0.2, 0) is 0 Å². The number of hydrogen-bond donors (Lipinski definition) is 1. The van der Waals surface area contributed by atoms with Gasteiger partial charge in [-0.05, 0) is 20.3 Å². The molecule has 0 aliphatic carbocycles. The molecular formula is C12H18N6O. The number of hydrogen-bond acceptors (Lipinski definition) is 6. The number of rotatable bonds is 5. The highest BCUT2D eigenvalue weighted by atomic mass is 16.5. The monoisotopic (exact) mass is 262 g/mol. The van der Waals surface area contributed by atoms with E-state index in [9.17, 15) is 0 Å². The fourth-order valence-corrected chi connectivity index (χ4v) is 1.32. The van der Waals surface area contributed by atoms with Gasteiger partial charge in [-0.15, -0.1) is 0 Å². The van der Waals surface area contributed by atoms with E-state index in [1.54, 1.807) is 30.3 Å². The van der Waals surface area contributed by atoms with Crippen LogP contribution in [0.2, 0.25) is 0 Å². The molecule has 0 bridgehead atoms. The summed E-state index contributed by atoms with van der Waals surface area (Å²) in [6.45, 7) is 6.04. The quantitative estimate of drug-likeness (QED) is 0.883. The third kappa shape index (κ3) is 3.18. The molecule has 7 heteroatoms. The lowest BCUT2D eigenvalue weighted by Gasteiger charge is -2.23. The molecule has 2 heterocycles. The normalized spacial score (nSPS) is 11.4. The molecule has 2 aromatic heterocycles. The van der Waals surface area contributed by atoms with Crippen molar-refractivity contribution in [3.8, 4) is 12.0 Å². The Kier molecular flexibility index (Phi) is 3.64. The van der Waals surface area contributed by atoms with E-state index in [0.29, 0.717) is 17.9 Å². The summed E-state index contributed by atoms with van der Waals surface area (Å²) in [7, 11) is 1.75. The third-order valence-electron chi connectivity index (χ3n) is 2.78. The topological polar surface area (TPSA) is 77.8 Å². The van der Waals surface area contributed by atoms with Gasteiger partial charge in [-0.2, -0.15) is 15.0 Å². The fourth-order valence-electron chi connectivity index (χ4n) is 1.32. The van der Waals surface area contributed by atoms with Crippen molar-refractivity contribution < 1.29 is 4.74 Å². The van der Waals surface area contributed by atoms with Crippen molar-refractivity contribution in [3.63, 3.8) is 0 Å². The second-order valence-corrected chi connectivity index (χ2v) is 4.68. The van der Waals surface area contributed by atoms with Crippen molar-refractivity contribution in [3.05, 3.63) is 18.7 Å². The van der Waals surface area contributed by atoms with Crippen LogP contribution in [0.25, 0.3) is 5.95 Å². The van der Waals surface area contributed by atoms with Crippen LogP contribution < -0.4 is 10.1 Å². The molecule has 0 atom stereocenters. The Hall–Kier alpha value is -2.18. The molecule has 0 fully saturated rings.